The van der Waals surface area contributed by atoms with Gasteiger partial charge in [-0.25, -0.2) is 9.59 Å². The number of hydrogen-bond donors (Lipinski definition) is 3. The molecular weight excluding hydrogens is 444 g/mol. The van der Waals surface area contributed by atoms with Gasteiger partial charge >= 0.3 is 12.1 Å². The fourth-order valence-electron chi connectivity index (χ4n) is 4.45. The van der Waals surface area contributed by atoms with Gasteiger partial charge in [-0.3, -0.25) is 4.79 Å². The summed E-state index contributed by atoms with van der Waals surface area (Å²) >= 11 is 0. The van der Waals surface area contributed by atoms with E-state index in [2.05, 4.69) is 22.8 Å². The van der Waals surface area contributed by atoms with Crippen molar-refractivity contribution in [2.24, 2.45) is 5.92 Å². The normalized spacial score (nSPS) is 13.9. The molecule has 7 heteroatoms. The number of rotatable bonds is 8. The van der Waals surface area contributed by atoms with Gasteiger partial charge in [0.15, 0.2) is 0 Å². The second kappa shape index (κ2) is 10.4. The summed E-state index contributed by atoms with van der Waals surface area (Å²) in [6, 6.07) is 22.5. The highest BCUT2D eigenvalue weighted by Crippen LogP contribution is 2.44. The standard InChI is InChI=1S/C28H28N2O5/c1-17(2)24(27(32)33)29-26(31)25(18-10-4-3-5-11-18)30-28(34)35-16-23-21-14-8-6-12-19(21)20-13-7-9-15-22(20)23/h3-15,17,23-25H,16H2,1-2H3,(H,29,31)(H,30,34)(H,32,33)/t24-,25-/m1/s1. The van der Waals surface area contributed by atoms with Crippen LogP contribution in [0.4, 0.5) is 4.79 Å². The predicted octanol–water partition coefficient (Wildman–Crippen LogP) is 4.49. The summed E-state index contributed by atoms with van der Waals surface area (Å²) in [5.41, 5.74) is 4.92. The molecule has 0 saturated heterocycles. The third-order valence-electron chi connectivity index (χ3n) is 6.23. The number of nitrogens with one attached hydrogen (secondary N) is 2. The third-order valence-corrected chi connectivity index (χ3v) is 6.23. The Labute approximate surface area is 204 Å². The van der Waals surface area contributed by atoms with Crippen LogP contribution in [0.3, 0.4) is 0 Å². The molecule has 0 saturated carbocycles. The van der Waals surface area contributed by atoms with Crippen LogP contribution in [0.25, 0.3) is 11.1 Å². The minimum absolute atomic E-state index is 0.104. The van der Waals surface area contributed by atoms with E-state index in [9.17, 15) is 19.5 Å². The number of alkyl carbamates (subject to hydrolysis) is 1. The van der Waals surface area contributed by atoms with E-state index in [1.54, 1.807) is 44.2 Å². The molecule has 2 atom stereocenters. The molecule has 0 heterocycles. The van der Waals surface area contributed by atoms with Crippen molar-refractivity contribution in [2.45, 2.75) is 31.8 Å². The lowest BCUT2D eigenvalue weighted by atomic mass is 9.98. The molecule has 0 spiro atoms. The zero-order chi connectivity index (χ0) is 24.9. The second-order valence-electron chi connectivity index (χ2n) is 8.88. The number of carboxylic acids is 1. The molecule has 0 radical (unpaired) electrons. The molecule has 0 fully saturated rings. The first-order valence-electron chi connectivity index (χ1n) is 11.6. The van der Waals surface area contributed by atoms with Gasteiger partial charge in [-0.15, -0.1) is 0 Å². The summed E-state index contributed by atoms with van der Waals surface area (Å²) in [6.07, 6.45) is -0.757. The Morgan fingerprint density at radius 2 is 1.37 bits per heavy atom. The SMILES string of the molecule is CC(C)[C@@H](NC(=O)[C@H](NC(=O)OCC1c2ccccc2-c2ccccc21)c1ccccc1)C(=O)O. The smallest absolute Gasteiger partial charge is 0.408 e. The lowest BCUT2D eigenvalue weighted by molar-refractivity contribution is -0.143. The lowest BCUT2D eigenvalue weighted by Crippen LogP contribution is -2.49. The maximum absolute atomic E-state index is 13.0. The largest absolute Gasteiger partial charge is 0.480 e. The molecule has 1 aliphatic rings. The van der Waals surface area contributed by atoms with Gasteiger partial charge in [0.25, 0.3) is 0 Å². The molecule has 2 amide bonds. The first-order chi connectivity index (χ1) is 16.9. The van der Waals surface area contributed by atoms with Crippen LogP contribution < -0.4 is 10.6 Å². The number of carbonyl (C=O) groups is 3. The summed E-state index contributed by atoms with van der Waals surface area (Å²) < 4.78 is 5.60. The zero-order valence-corrected chi connectivity index (χ0v) is 19.6. The average molecular weight is 473 g/mol. The van der Waals surface area contributed by atoms with Crippen molar-refractivity contribution in [3.63, 3.8) is 0 Å². The van der Waals surface area contributed by atoms with Crippen LogP contribution in [0, 0.1) is 5.92 Å². The van der Waals surface area contributed by atoms with Gasteiger partial charge in [-0.2, -0.15) is 0 Å². The molecule has 180 valence electrons. The van der Waals surface area contributed by atoms with E-state index in [1.165, 1.54) is 0 Å². The van der Waals surface area contributed by atoms with Crippen molar-refractivity contribution in [3.05, 3.63) is 95.6 Å². The number of ether oxygens (including phenoxy) is 1. The maximum Gasteiger partial charge on any atom is 0.408 e. The number of fused-ring (bicyclic) bond motifs is 3. The van der Waals surface area contributed by atoms with Gasteiger partial charge < -0.3 is 20.5 Å². The van der Waals surface area contributed by atoms with E-state index < -0.39 is 30.1 Å². The van der Waals surface area contributed by atoms with Gasteiger partial charge in [-0.1, -0.05) is 92.7 Å². The highest BCUT2D eigenvalue weighted by atomic mass is 16.5. The van der Waals surface area contributed by atoms with E-state index in [0.717, 1.165) is 22.3 Å². The Hall–Kier alpha value is -4.13. The Morgan fingerprint density at radius 1 is 0.829 bits per heavy atom. The Balaban J connectivity index is 1.49. The molecule has 3 aromatic rings. The van der Waals surface area contributed by atoms with Gasteiger partial charge in [0.2, 0.25) is 5.91 Å². The Morgan fingerprint density at radius 3 is 1.91 bits per heavy atom. The summed E-state index contributed by atoms with van der Waals surface area (Å²) in [5.74, 6) is -2.20. The predicted molar refractivity (Wildman–Crippen MR) is 132 cm³/mol. The number of amides is 2. The minimum atomic E-state index is -1.14. The molecule has 7 nitrogen and oxygen atoms in total. The van der Waals surface area contributed by atoms with Crippen LogP contribution in [0.5, 0.6) is 0 Å². The minimum Gasteiger partial charge on any atom is -0.480 e. The molecule has 3 N–H and O–H groups in total. The molecule has 1 aliphatic carbocycles. The fourth-order valence-corrected chi connectivity index (χ4v) is 4.45. The van der Waals surface area contributed by atoms with Gasteiger partial charge in [0.1, 0.15) is 18.7 Å². The molecule has 35 heavy (non-hydrogen) atoms. The number of aliphatic carboxylic acids is 1. The first kappa shape index (κ1) is 24.0. The molecule has 3 aromatic carbocycles. The van der Waals surface area contributed by atoms with Crippen LogP contribution in [0.2, 0.25) is 0 Å². The van der Waals surface area contributed by atoms with Crippen molar-refractivity contribution in [1.29, 1.82) is 0 Å². The van der Waals surface area contributed by atoms with Crippen molar-refractivity contribution >= 4 is 18.0 Å². The van der Waals surface area contributed by atoms with Gasteiger partial charge in [0, 0.05) is 5.92 Å². The molecule has 0 aromatic heterocycles. The number of carbonyl (C=O) groups excluding carboxylic acids is 2. The molecular formula is C28H28N2O5. The number of hydrogen-bond acceptors (Lipinski definition) is 4. The highest BCUT2D eigenvalue weighted by molar-refractivity contribution is 5.90. The molecule has 0 bridgehead atoms. The van der Waals surface area contributed by atoms with Gasteiger partial charge in [0.05, 0.1) is 0 Å². The average Bonchev–Trinajstić information content (AvgIpc) is 3.18. The molecule has 4 rings (SSSR count). The van der Waals surface area contributed by atoms with E-state index in [1.807, 2.05) is 36.4 Å². The number of benzene rings is 3. The van der Waals surface area contributed by atoms with Crippen LogP contribution in [0.15, 0.2) is 78.9 Å². The van der Waals surface area contributed by atoms with Crippen molar-refractivity contribution in [2.75, 3.05) is 6.61 Å². The monoisotopic (exact) mass is 472 g/mol. The fraction of sp³-hybridized carbons (Fsp3) is 0.250. The highest BCUT2D eigenvalue weighted by Gasteiger charge is 2.32. The van der Waals surface area contributed by atoms with Crippen LogP contribution in [-0.4, -0.2) is 35.7 Å². The summed E-state index contributed by atoms with van der Waals surface area (Å²) in [7, 11) is 0. The zero-order valence-electron chi connectivity index (χ0n) is 19.6. The van der Waals surface area contributed by atoms with Crippen molar-refractivity contribution < 1.29 is 24.2 Å². The molecule has 0 unspecified atom stereocenters. The molecule has 0 aliphatic heterocycles. The Kier molecular flexibility index (Phi) is 7.15. The Bertz CT molecular complexity index is 1180. The van der Waals surface area contributed by atoms with Gasteiger partial charge in [-0.05, 0) is 33.7 Å². The van der Waals surface area contributed by atoms with E-state index >= 15 is 0 Å². The van der Waals surface area contributed by atoms with Crippen LogP contribution >= 0.6 is 0 Å². The van der Waals surface area contributed by atoms with Crippen molar-refractivity contribution in [1.82, 2.24) is 10.6 Å². The summed E-state index contributed by atoms with van der Waals surface area (Å²) in [5, 5.41) is 14.6. The van der Waals surface area contributed by atoms with Crippen LogP contribution in [0.1, 0.15) is 42.5 Å². The van der Waals surface area contributed by atoms with E-state index in [-0.39, 0.29) is 18.4 Å². The maximum atomic E-state index is 13.0. The topological polar surface area (TPSA) is 105 Å². The lowest BCUT2D eigenvalue weighted by Gasteiger charge is -2.23. The van der Waals surface area contributed by atoms with E-state index in [0.29, 0.717) is 5.56 Å². The van der Waals surface area contributed by atoms with E-state index in [4.69, 9.17) is 4.74 Å². The second-order valence-corrected chi connectivity index (χ2v) is 8.88. The first-order valence-corrected chi connectivity index (χ1v) is 11.6. The number of carboxylic acid groups (broad SMARTS) is 1. The van der Waals surface area contributed by atoms with Crippen LogP contribution in [-0.2, 0) is 14.3 Å². The third kappa shape index (κ3) is 5.19. The summed E-state index contributed by atoms with van der Waals surface area (Å²) in [4.78, 5) is 37.5. The quantitative estimate of drug-likeness (QED) is 0.448. The van der Waals surface area contributed by atoms with Crippen molar-refractivity contribution in [3.8, 4) is 11.1 Å². The summed E-state index contributed by atoms with van der Waals surface area (Å²) in [6.45, 7) is 3.51.